The first-order valence-electron chi connectivity index (χ1n) is 5.65. The van der Waals surface area contributed by atoms with Gasteiger partial charge in [-0.3, -0.25) is 9.78 Å². The van der Waals surface area contributed by atoms with E-state index in [4.69, 9.17) is 46.4 Å². The average Bonchev–Trinajstić information content (AvgIpc) is 2.49. The zero-order valence-electron chi connectivity index (χ0n) is 10.5. The topological polar surface area (TPSA) is 79.3 Å². The maximum atomic E-state index is 12.3. The highest BCUT2D eigenvalue weighted by molar-refractivity contribution is 6.54. The maximum Gasteiger partial charge on any atom is 0.338 e. The molecule has 22 heavy (non-hydrogen) atoms. The number of nitrogens with one attached hydrogen (secondary N) is 1. The van der Waals surface area contributed by atoms with Crippen LogP contribution >= 0.6 is 46.4 Å². The largest absolute Gasteiger partial charge is 0.478 e. The third kappa shape index (κ3) is 3.13. The molecule has 0 spiro atoms. The molecular formula is C13H6Cl4N2O3. The number of carbonyl (C=O) groups excluding carboxylic acids is 1. The minimum absolute atomic E-state index is 0.196. The molecule has 0 fully saturated rings. The van der Waals surface area contributed by atoms with Gasteiger partial charge in [0.05, 0.1) is 31.2 Å². The van der Waals surface area contributed by atoms with Crippen molar-refractivity contribution in [2.45, 2.75) is 0 Å². The van der Waals surface area contributed by atoms with Crippen LogP contribution in [0, 0.1) is 0 Å². The number of nitrogens with zero attached hydrogens (tertiary/aromatic N) is 1. The molecule has 2 rings (SSSR count). The van der Waals surface area contributed by atoms with Crippen LogP contribution in [0.15, 0.2) is 24.5 Å². The highest BCUT2D eigenvalue weighted by Gasteiger charge is 2.28. The van der Waals surface area contributed by atoms with Crippen molar-refractivity contribution in [1.82, 2.24) is 4.98 Å². The minimum Gasteiger partial charge on any atom is -0.478 e. The molecule has 0 unspecified atom stereocenters. The molecule has 0 atom stereocenters. The van der Waals surface area contributed by atoms with E-state index in [1.54, 1.807) is 0 Å². The van der Waals surface area contributed by atoms with Gasteiger partial charge in [0, 0.05) is 18.1 Å². The number of carboxylic acid groups (broad SMARTS) is 1. The first kappa shape index (κ1) is 16.8. The summed E-state index contributed by atoms with van der Waals surface area (Å²) in [6, 6.07) is 3.04. The van der Waals surface area contributed by atoms with Gasteiger partial charge in [-0.25, -0.2) is 4.79 Å². The van der Waals surface area contributed by atoms with Crippen LogP contribution in [0.2, 0.25) is 20.1 Å². The third-order valence-corrected chi connectivity index (χ3v) is 4.45. The quantitative estimate of drug-likeness (QED) is 0.601. The molecule has 2 aromatic rings. The molecular weight excluding hydrogens is 374 g/mol. The Morgan fingerprint density at radius 3 is 1.91 bits per heavy atom. The van der Waals surface area contributed by atoms with Crippen LogP contribution in [0.25, 0.3) is 0 Å². The molecule has 1 heterocycles. The second kappa shape index (κ2) is 6.71. The number of halogens is 4. The van der Waals surface area contributed by atoms with Crippen molar-refractivity contribution in [2.75, 3.05) is 5.32 Å². The number of aromatic carboxylic acids is 1. The third-order valence-electron chi connectivity index (χ3n) is 2.65. The van der Waals surface area contributed by atoms with E-state index in [2.05, 4.69) is 10.3 Å². The summed E-state index contributed by atoms with van der Waals surface area (Å²) in [7, 11) is 0. The molecule has 1 aromatic carbocycles. The molecule has 2 N–H and O–H groups in total. The van der Waals surface area contributed by atoms with Gasteiger partial charge in [-0.1, -0.05) is 46.4 Å². The van der Waals surface area contributed by atoms with Gasteiger partial charge in [0.1, 0.15) is 0 Å². The maximum absolute atomic E-state index is 12.3. The number of benzene rings is 1. The SMILES string of the molecule is O=C(O)c1c(Cl)c(Cl)c(Cl)c(Cl)c1C(=O)Nc1ccncc1. The average molecular weight is 380 g/mol. The number of hydrogen-bond donors (Lipinski definition) is 2. The predicted octanol–water partition coefficient (Wildman–Crippen LogP) is 4.65. The fourth-order valence-corrected chi connectivity index (χ4v) is 2.69. The lowest BCUT2D eigenvalue weighted by Crippen LogP contribution is -2.18. The fourth-order valence-electron chi connectivity index (χ4n) is 1.67. The summed E-state index contributed by atoms with van der Waals surface area (Å²) in [5, 5.41) is 10.7. The number of anilines is 1. The number of rotatable bonds is 3. The van der Waals surface area contributed by atoms with Gasteiger partial charge in [-0.2, -0.15) is 0 Å². The smallest absolute Gasteiger partial charge is 0.338 e. The van der Waals surface area contributed by atoms with E-state index in [0.717, 1.165) is 0 Å². The number of amides is 1. The number of hydrogen-bond acceptors (Lipinski definition) is 3. The van der Waals surface area contributed by atoms with Crippen molar-refractivity contribution < 1.29 is 14.7 Å². The summed E-state index contributed by atoms with van der Waals surface area (Å²) in [6.07, 6.45) is 2.91. The normalized spacial score (nSPS) is 10.4. The number of carboxylic acids is 1. The molecule has 0 aliphatic carbocycles. The Labute approximate surface area is 144 Å². The molecule has 0 radical (unpaired) electrons. The van der Waals surface area contributed by atoms with Crippen molar-refractivity contribution in [3.63, 3.8) is 0 Å². The van der Waals surface area contributed by atoms with Gasteiger partial charge in [0.25, 0.3) is 5.91 Å². The number of pyridine rings is 1. The van der Waals surface area contributed by atoms with E-state index in [0.29, 0.717) is 5.69 Å². The highest BCUT2D eigenvalue weighted by atomic mass is 35.5. The number of aromatic nitrogens is 1. The fraction of sp³-hybridized carbons (Fsp3) is 0. The summed E-state index contributed by atoms with van der Waals surface area (Å²) in [6.45, 7) is 0. The van der Waals surface area contributed by atoms with Crippen molar-refractivity contribution in [2.24, 2.45) is 0 Å². The van der Waals surface area contributed by atoms with E-state index >= 15 is 0 Å². The van der Waals surface area contributed by atoms with Gasteiger partial charge >= 0.3 is 5.97 Å². The summed E-state index contributed by atoms with van der Waals surface area (Å²) >= 11 is 23.5. The Morgan fingerprint density at radius 2 is 1.41 bits per heavy atom. The lowest BCUT2D eigenvalue weighted by atomic mass is 10.1. The first-order valence-corrected chi connectivity index (χ1v) is 7.16. The van der Waals surface area contributed by atoms with Crippen LogP contribution in [-0.4, -0.2) is 22.0 Å². The molecule has 5 nitrogen and oxygen atoms in total. The van der Waals surface area contributed by atoms with Gasteiger partial charge in [0.15, 0.2) is 0 Å². The van der Waals surface area contributed by atoms with E-state index in [1.165, 1.54) is 24.5 Å². The summed E-state index contributed by atoms with van der Waals surface area (Å²) in [5.41, 5.74) is -0.493. The Kier molecular flexibility index (Phi) is 5.13. The van der Waals surface area contributed by atoms with E-state index in [-0.39, 0.29) is 25.7 Å². The van der Waals surface area contributed by atoms with Crippen LogP contribution in [-0.2, 0) is 0 Å². The first-order chi connectivity index (χ1) is 10.3. The molecule has 0 aliphatic rings. The van der Waals surface area contributed by atoms with Crippen LogP contribution in [0.1, 0.15) is 20.7 Å². The molecule has 0 bridgehead atoms. The van der Waals surface area contributed by atoms with E-state index in [9.17, 15) is 14.7 Å². The standard InChI is InChI=1S/C13H6Cl4N2O3/c14-8-6(12(20)19-5-1-3-18-4-2-5)7(13(21)22)9(15)11(17)10(8)16/h1-4H,(H,21,22)(H,18,19,20). The Morgan fingerprint density at radius 1 is 0.909 bits per heavy atom. The second-order valence-electron chi connectivity index (χ2n) is 4.00. The van der Waals surface area contributed by atoms with Gasteiger partial charge in [-0.05, 0) is 12.1 Å². The van der Waals surface area contributed by atoms with Gasteiger partial charge in [-0.15, -0.1) is 0 Å². The predicted molar refractivity (Wildman–Crippen MR) is 85.6 cm³/mol. The molecule has 0 saturated heterocycles. The van der Waals surface area contributed by atoms with Crippen molar-refractivity contribution in [3.05, 3.63) is 55.7 Å². The molecule has 114 valence electrons. The lowest BCUT2D eigenvalue weighted by Gasteiger charge is -2.13. The van der Waals surface area contributed by atoms with Gasteiger partial charge in [0.2, 0.25) is 0 Å². The molecule has 1 amide bonds. The molecule has 0 aliphatic heterocycles. The van der Waals surface area contributed by atoms with E-state index < -0.39 is 17.4 Å². The Hall–Kier alpha value is -1.53. The van der Waals surface area contributed by atoms with Crippen molar-refractivity contribution >= 4 is 64.0 Å². The summed E-state index contributed by atoms with van der Waals surface area (Å²) in [4.78, 5) is 27.5. The minimum atomic E-state index is -1.45. The Bertz CT molecular complexity index is 766. The van der Waals surface area contributed by atoms with Crippen LogP contribution < -0.4 is 5.32 Å². The molecule has 0 saturated carbocycles. The highest BCUT2D eigenvalue weighted by Crippen LogP contribution is 2.41. The summed E-state index contributed by atoms with van der Waals surface area (Å²) in [5.74, 6) is -2.24. The monoisotopic (exact) mass is 378 g/mol. The van der Waals surface area contributed by atoms with Crippen molar-refractivity contribution in [1.29, 1.82) is 0 Å². The molecule has 1 aromatic heterocycles. The second-order valence-corrected chi connectivity index (χ2v) is 5.51. The van der Waals surface area contributed by atoms with Crippen LogP contribution in [0.5, 0.6) is 0 Å². The molecule has 9 heteroatoms. The number of carbonyl (C=O) groups is 2. The van der Waals surface area contributed by atoms with Crippen molar-refractivity contribution in [3.8, 4) is 0 Å². The zero-order chi connectivity index (χ0) is 16.4. The Balaban J connectivity index is 2.59. The van der Waals surface area contributed by atoms with Crippen LogP contribution in [0.4, 0.5) is 5.69 Å². The van der Waals surface area contributed by atoms with Gasteiger partial charge < -0.3 is 10.4 Å². The zero-order valence-corrected chi connectivity index (χ0v) is 13.6. The van der Waals surface area contributed by atoms with Crippen LogP contribution in [0.3, 0.4) is 0 Å². The lowest BCUT2D eigenvalue weighted by molar-refractivity contribution is 0.0692. The summed E-state index contributed by atoms with van der Waals surface area (Å²) < 4.78 is 0. The van der Waals surface area contributed by atoms with E-state index in [1.807, 2.05) is 0 Å².